The summed E-state index contributed by atoms with van der Waals surface area (Å²) in [5.74, 6) is 1.65. The molecule has 23 heavy (non-hydrogen) atoms. The van der Waals surface area contributed by atoms with Crippen molar-refractivity contribution < 1.29 is 17.2 Å². The molecule has 3 rings (SSSR count). The Morgan fingerprint density at radius 1 is 1.26 bits per heavy atom. The smallest absolute Gasteiger partial charge is 0.208 e. The van der Waals surface area contributed by atoms with E-state index in [1.54, 1.807) is 0 Å². The Bertz CT molecular complexity index is 702. The van der Waals surface area contributed by atoms with Crippen molar-refractivity contribution in [3.8, 4) is 0 Å². The number of aryl methyl sites for hydroxylation is 1. The standard InChI is InChI=1S/C15H23F2N3O2S/c1-8(13-7-11-4-5-12(13)6-11)19-23(21,22)14-9(2)18-20(10(14)3)15(16)17/h8,11-13,15,19H,4-7H2,1-3H3/t8-,11-,12-,13-/m0/s1. The maximum Gasteiger partial charge on any atom is 0.333 e. The molecule has 1 heterocycles. The van der Waals surface area contributed by atoms with Crippen LogP contribution in [0.15, 0.2) is 4.90 Å². The fraction of sp³-hybridized carbons (Fsp3) is 0.800. The topological polar surface area (TPSA) is 64.0 Å². The van der Waals surface area contributed by atoms with Gasteiger partial charge in [0.05, 0.1) is 11.4 Å². The zero-order valence-corrected chi connectivity index (χ0v) is 14.4. The molecule has 2 bridgehead atoms. The summed E-state index contributed by atoms with van der Waals surface area (Å²) in [4.78, 5) is -0.118. The molecule has 1 aromatic rings. The Balaban J connectivity index is 1.82. The molecule has 130 valence electrons. The summed E-state index contributed by atoms with van der Waals surface area (Å²) >= 11 is 0. The summed E-state index contributed by atoms with van der Waals surface area (Å²) in [7, 11) is -3.85. The molecule has 0 aromatic carbocycles. The van der Waals surface area contributed by atoms with Crippen molar-refractivity contribution in [3.63, 3.8) is 0 Å². The van der Waals surface area contributed by atoms with E-state index in [0.29, 0.717) is 16.5 Å². The molecule has 5 nitrogen and oxygen atoms in total. The van der Waals surface area contributed by atoms with Crippen LogP contribution in [0.25, 0.3) is 0 Å². The summed E-state index contributed by atoms with van der Waals surface area (Å²) in [5, 5.41) is 3.67. The van der Waals surface area contributed by atoms with E-state index in [2.05, 4.69) is 9.82 Å². The average molecular weight is 347 g/mol. The number of aromatic nitrogens is 2. The largest absolute Gasteiger partial charge is 0.333 e. The van der Waals surface area contributed by atoms with Crippen LogP contribution in [0.4, 0.5) is 8.78 Å². The van der Waals surface area contributed by atoms with Gasteiger partial charge in [0, 0.05) is 6.04 Å². The van der Waals surface area contributed by atoms with E-state index in [4.69, 9.17) is 0 Å². The molecular weight excluding hydrogens is 324 g/mol. The molecule has 4 atom stereocenters. The fourth-order valence-corrected chi connectivity index (χ4v) is 6.22. The molecule has 1 aromatic heterocycles. The van der Waals surface area contributed by atoms with Gasteiger partial charge in [-0.1, -0.05) is 6.42 Å². The third kappa shape index (κ3) is 2.91. The Kier molecular flexibility index (Phi) is 4.25. The number of fused-ring (bicyclic) bond motifs is 2. The van der Waals surface area contributed by atoms with E-state index in [0.717, 1.165) is 12.3 Å². The number of rotatable bonds is 5. The van der Waals surface area contributed by atoms with Crippen LogP contribution in [0, 0.1) is 31.6 Å². The molecule has 1 N–H and O–H groups in total. The molecule has 2 fully saturated rings. The predicted octanol–water partition coefficient (Wildman–Crippen LogP) is 3.00. The Labute approximate surface area is 135 Å². The fourth-order valence-electron chi connectivity index (χ4n) is 4.52. The van der Waals surface area contributed by atoms with Gasteiger partial charge < -0.3 is 0 Å². The van der Waals surface area contributed by atoms with Crippen LogP contribution in [-0.2, 0) is 10.0 Å². The summed E-state index contributed by atoms with van der Waals surface area (Å²) in [6, 6.07) is -0.191. The highest BCUT2D eigenvalue weighted by molar-refractivity contribution is 7.89. The van der Waals surface area contributed by atoms with Crippen LogP contribution in [-0.4, -0.2) is 24.2 Å². The number of nitrogens with zero attached hydrogens (tertiary/aromatic N) is 2. The van der Waals surface area contributed by atoms with Crippen LogP contribution >= 0.6 is 0 Å². The quantitative estimate of drug-likeness (QED) is 0.890. The van der Waals surface area contributed by atoms with Gasteiger partial charge in [-0.3, -0.25) is 0 Å². The van der Waals surface area contributed by atoms with E-state index in [9.17, 15) is 17.2 Å². The van der Waals surface area contributed by atoms with Gasteiger partial charge in [0.15, 0.2) is 0 Å². The lowest BCUT2D eigenvalue weighted by Gasteiger charge is -2.28. The van der Waals surface area contributed by atoms with E-state index >= 15 is 0 Å². The van der Waals surface area contributed by atoms with Crippen LogP contribution < -0.4 is 4.72 Å². The summed E-state index contributed by atoms with van der Waals surface area (Å²) in [6.45, 7) is 1.84. The first-order valence-electron chi connectivity index (χ1n) is 8.07. The first-order chi connectivity index (χ1) is 10.7. The second-order valence-electron chi connectivity index (χ2n) is 6.97. The number of hydrogen-bond acceptors (Lipinski definition) is 3. The lowest BCUT2D eigenvalue weighted by molar-refractivity contribution is 0.0538. The van der Waals surface area contributed by atoms with Crippen molar-refractivity contribution >= 4 is 10.0 Å². The van der Waals surface area contributed by atoms with Gasteiger partial charge in [-0.2, -0.15) is 13.9 Å². The summed E-state index contributed by atoms with van der Waals surface area (Å²) in [5.41, 5.74) is 0.0839. The molecule has 2 aliphatic carbocycles. The normalized spacial score (nSPS) is 28.7. The van der Waals surface area contributed by atoms with Gasteiger partial charge in [-0.05, 0) is 57.8 Å². The lowest BCUT2D eigenvalue weighted by Crippen LogP contribution is -2.40. The van der Waals surface area contributed by atoms with Crippen molar-refractivity contribution in [2.45, 2.75) is 63.9 Å². The maximum atomic E-state index is 12.9. The lowest BCUT2D eigenvalue weighted by atomic mass is 9.84. The van der Waals surface area contributed by atoms with Gasteiger partial charge in [0.25, 0.3) is 0 Å². The highest BCUT2D eigenvalue weighted by atomic mass is 32.2. The zero-order chi connectivity index (χ0) is 16.9. The second-order valence-corrected chi connectivity index (χ2v) is 8.62. The molecule has 8 heteroatoms. The number of sulfonamides is 1. The predicted molar refractivity (Wildman–Crippen MR) is 81.7 cm³/mol. The molecule has 2 saturated carbocycles. The van der Waals surface area contributed by atoms with E-state index in [1.165, 1.54) is 33.1 Å². The minimum Gasteiger partial charge on any atom is -0.208 e. The van der Waals surface area contributed by atoms with Crippen molar-refractivity contribution in [2.75, 3.05) is 0 Å². The van der Waals surface area contributed by atoms with Crippen molar-refractivity contribution in [3.05, 3.63) is 11.4 Å². The number of hydrogen-bond donors (Lipinski definition) is 1. The first-order valence-corrected chi connectivity index (χ1v) is 9.55. The van der Waals surface area contributed by atoms with Gasteiger partial charge in [0.1, 0.15) is 4.90 Å². The molecule has 0 radical (unpaired) electrons. The number of alkyl halides is 2. The highest BCUT2D eigenvalue weighted by Crippen LogP contribution is 2.49. The molecule has 0 saturated heterocycles. The summed E-state index contributed by atoms with van der Waals surface area (Å²) in [6.07, 6.45) is 4.67. The Hall–Kier alpha value is -1.02. The first kappa shape index (κ1) is 16.8. The van der Waals surface area contributed by atoms with Gasteiger partial charge in [0.2, 0.25) is 10.0 Å². The minimum atomic E-state index is -3.85. The zero-order valence-electron chi connectivity index (χ0n) is 13.6. The van der Waals surface area contributed by atoms with Crippen LogP contribution in [0.5, 0.6) is 0 Å². The monoisotopic (exact) mass is 347 g/mol. The number of nitrogens with one attached hydrogen (secondary N) is 1. The Morgan fingerprint density at radius 3 is 2.43 bits per heavy atom. The van der Waals surface area contributed by atoms with Gasteiger partial charge in [-0.25, -0.2) is 17.8 Å². The van der Waals surface area contributed by atoms with Gasteiger partial charge >= 0.3 is 6.55 Å². The van der Waals surface area contributed by atoms with Gasteiger partial charge in [-0.15, -0.1) is 0 Å². The average Bonchev–Trinajstić information content (AvgIpc) is 3.12. The molecular formula is C15H23F2N3O2S. The summed E-state index contributed by atoms with van der Waals surface area (Å²) < 4.78 is 54.3. The van der Waals surface area contributed by atoms with Crippen LogP contribution in [0.2, 0.25) is 0 Å². The van der Waals surface area contributed by atoms with E-state index in [-0.39, 0.29) is 22.3 Å². The number of halogens is 2. The highest BCUT2D eigenvalue weighted by Gasteiger charge is 2.43. The Morgan fingerprint density at radius 2 is 1.96 bits per heavy atom. The molecule has 0 amide bonds. The SMILES string of the molecule is Cc1nn(C(F)F)c(C)c1S(=O)(=O)N[C@@H](C)[C@@H]1C[C@H]2CC[C@H]1C2. The van der Waals surface area contributed by atoms with E-state index in [1.807, 2.05) is 6.92 Å². The van der Waals surface area contributed by atoms with Crippen LogP contribution in [0.3, 0.4) is 0 Å². The minimum absolute atomic E-state index is 0.0230. The maximum absolute atomic E-state index is 12.9. The van der Waals surface area contributed by atoms with Crippen LogP contribution in [0.1, 0.15) is 50.5 Å². The van der Waals surface area contributed by atoms with Crippen molar-refractivity contribution in [1.29, 1.82) is 0 Å². The third-order valence-electron chi connectivity index (χ3n) is 5.49. The molecule has 0 aliphatic heterocycles. The molecule has 2 aliphatic rings. The molecule has 0 spiro atoms. The second kappa shape index (κ2) is 5.81. The van der Waals surface area contributed by atoms with E-state index < -0.39 is 16.6 Å². The van der Waals surface area contributed by atoms with Crippen molar-refractivity contribution in [1.82, 2.24) is 14.5 Å². The van der Waals surface area contributed by atoms with Crippen molar-refractivity contribution in [2.24, 2.45) is 17.8 Å². The molecule has 0 unspecified atom stereocenters. The third-order valence-corrected chi connectivity index (χ3v) is 7.30.